The topological polar surface area (TPSA) is 0 Å². The summed E-state index contributed by atoms with van der Waals surface area (Å²) in [6.45, 7) is 0. The maximum Gasteiger partial charge on any atom is 0 e. The SMILES string of the molecule is [Na].c1ccccc1.c1ccccc1.c1ccccc1.c1ccccc1.c1ccccc1.c1ccccc1.c1ccccc1.c1ccccc1.c1ccccc1.c1ccccc1.c1ccccc1.c1ccccc1. The zero-order valence-corrected chi connectivity index (χ0v) is 44.6. The molecule has 0 bridgehead atoms. The van der Waals surface area contributed by atoms with Crippen LogP contribution in [-0.2, 0) is 0 Å². The van der Waals surface area contributed by atoms with E-state index in [1.807, 2.05) is 437 Å². The average molecular weight is 960 g/mol. The summed E-state index contributed by atoms with van der Waals surface area (Å²) in [6.07, 6.45) is 0. The summed E-state index contributed by atoms with van der Waals surface area (Å²) < 4.78 is 0. The summed E-state index contributed by atoms with van der Waals surface area (Å²) in [5, 5.41) is 0. The van der Waals surface area contributed by atoms with E-state index in [1.54, 1.807) is 0 Å². The standard InChI is InChI=1S/12C6H6.Na/c12*1-2-4-6-5-3-1;/h12*1-6H;. The van der Waals surface area contributed by atoms with E-state index >= 15 is 0 Å². The molecule has 73 heavy (non-hydrogen) atoms. The molecule has 361 valence electrons. The zero-order chi connectivity index (χ0) is 50.9. The number of benzene rings is 12. The van der Waals surface area contributed by atoms with Crippen molar-refractivity contribution < 1.29 is 0 Å². The Morgan fingerprint density at radius 2 is 0.0548 bits per heavy atom. The molecule has 12 rings (SSSR count). The second kappa shape index (κ2) is 61.7. The Hall–Kier alpha value is -8.36. The average Bonchev–Trinajstić information content (AvgIpc) is 3.54. The van der Waals surface area contributed by atoms with Gasteiger partial charge in [-0.1, -0.05) is 437 Å². The summed E-state index contributed by atoms with van der Waals surface area (Å²) in [5.41, 5.74) is 0. The van der Waals surface area contributed by atoms with Gasteiger partial charge in [-0.25, -0.2) is 0 Å². The number of hydrogen-bond acceptors (Lipinski definition) is 0. The van der Waals surface area contributed by atoms with Crippen molar-refractivity contribution in [1.29, 1.82) is 0 Å². The van der Waals surface area contributed by atoms with Crippen LogP contribution in [0, 0.1) is 0 Å². The van der Waals surface area contributed by atoms with Crippen molar-refractivity contribution >= 4 is 29.6 Å². The molecule has 0 amide bonds. The first-order valence-electron chi connectivity index (χ1n) is 24.0. The molecule has 0 spiro atoms. The van der Waals surface area contributed by atoms with E-state index in [0.717, 1.165) is 0 Å². The summed E-state index contributed by atoms with van der Waals surface area (Å²) in [6, 6.07) is 144. The van der Waals surface area contributed by atoms with Crippen molar-refractivity contribution in [3.63, 3.8) is 0 Å². The Balaban J connectivity index is 0.000000774. The molecule has 0 saturated carbocycles. The molecule has 0 aliphatic heterocycles. The fraction of sp³-hybridized carbons (Fsp3) is 0. The van der Waals surface area contributed by atoms with Gasteiger partial charge in [-0.2, -0.15) is 0 Å². The van der Waals surface area contributed by atoms with Crippen LogP contribution in [0.4, 0.5) is 0 Å². The zero-order valence-electron chi connectivity index (χ0n) is 42.6. The van der Waals surface area contributed by atoms with Crippen molar-refractivity contribution in [2.24, 2.45) is 0 Å². The van der Waals surface area contributed by atoms with Gasteiger partial charge in [0.2, 0.25) is 0 Å². The summed E-state index contributed by atoms with van der Waals surface area (Å²) in [5.74, 6) is 0. The van der Waals surface area contributed by atoms with Crippen LogP contribution in [0.25, 0.3) is 0 Å². The van der Waals surface area contributed by atoms with Gasteiger partial charge in [0.05, 0.1) is 0 Å². The summed E-state index contributed by atoms with van der Waals surface area (Å²) in [4.78, 5) is 0. The first-order chi connectivity index (χ1) is 36.0. The van der Waals surface area contributed by atoms with E-state index in [-0.39, 0.29) is 29.6 Å². The first-order valence-corrected chi connectivity index (χ1v) is 24.0. The number of hydrogen-bond donors (Lipinski definition) is 0. The van der Waals surface area contributed by atoms with Gasteiger partial charge in [-0.05, 0) is 0 Å². The summed E-state index contributed by atoms with van der Waals surface area (Å²) in [7, 11) is 0. The fourth-order valence-electron chi connectivity index (χ4n) is 4.62. The second-order valence-electron chi connectivity index (χ2n) is 13.9. The molecule has 0 heterocycles. The Bertz CT molecular complexity index is 1550. The molecule has 12 aromatic carbocycles. The minimum Gasteiger partial charge on any atom is -0.0623 e. The van der Waals surface area contributed by atoms with Crippen LogP contribution in [-0.4, -0.2) is 29.6 Å². The normalized spacial score (nSPS) is 7.89. The largest absolute Gasteiger partial charge is 0.0623 e. The first kappa shape index (κ1) is 64.6. The van der Waals surface area contributed by atoms with E-state index < -0.39 is 0 Å². The minimum absolute atomic E-state index is 0. The molecule has 0 aliphatic carbocycles. The predicted molar refractivity (Wildman–Crippen MR) is 323 cm³/mol. The maximum absolute atomic E-state index is 2.00. The third kappa shape index (κ3) is 59.7. The summed E-state index contributed by atoms with van der Waals surface area (Å²) >= 11 is 0. The van der Waals surface area contributed by atoms with Gasteiger partial charge in [-0.15, -0.1) is 0 Å². The van der Waals surface area contributed by atoms with E-state index in [1.165, 1.54) is 0 Å². The van der Waals surface area contributed by atoms with Crippen LogP contribution in [0.3, 0.4) is 0 Å². The second-order valence-corrected chi connectivity index (χ2v) is 13.9. The maximum atomic E-state index is 2.00. The van der Waals surface area contributed by atoms with Crippen LogP contribution < -0.4 is 0 Å². The van der Waals surface area contributed by atoms with Gasteiger partial charge < -0.3 is 0 Å². The van der Waals surface area contributed by atoms with Crippen molar-refractivity contribution in [2.45, 2.75) is 0 Å². The fourth-order valence-corrected chi connectivity index (χ4v) is 4.62. The minimum atomic E-state index is 0. The molecule has 0 aliphatic rings. The molecule has 0 saturated heterocycles. The molecule has 0 aromatic heterocycles. The van der Waals surface area contributed by atoms with Gasteiger partial charge >= 0.3 is 0 Å². The van der Waals surface area contributed by atoms with Crippen LogP contribution >= 0.6 is 0 Å². The van der Waals surface area contributed by atoms with Crippen LogP contribution in [0.5, 0.6) is 0 Å². The third-order valence-electron chi connectivity index (χ3n) is 8.00. The van der Waals surface area contributed by atoms with E-state index in [9.17, 15) is 0 Å². The van der Waals surface area contributed by atoms with Gasteiger partial charge in [0.25, 0.3) is 0 Å². The number of rotatable bonds is 0. The monoisotopic (exact) mass is 960 g/mol. The van der Waals surface area contributed by atoms with Crippen LogP contribution in [0.2, 0.25) is 0 Å². The predicted octanol–water partition coefficient (Wildman–Crippen LogP) is 19.9. The van der Waals surface area contributed by atoms with Crippen LogP contribution in [0.15, 0.2) is 437 Å². The van der Waals surface area contributed by atoms with Crippen molar-refractivity contribution in [1.82, 2.24) is 0 Å². The van der Waals surface area contributed by atoms with Crippen LogP contribution in [0.1, 0.15) is 0 Å². The Kier molecular flexibility index (Phi) is 54.6. The molecular weight excluding hydrogens is 888 g/mol. The van der Waals surface area contributed by atoms with Gasteiger partial charge in [0, 0.05) is 29.6 Å². The molecule has 0 fully saturated rings. The molecule has 12 aromatic rings. The molecule has 1 heteroatoms. The Labute approximate surface area is 463 Å². The quantitative estimate of drug-likeness (QED) is 0.133. The molecule has 0 atom stereocenters. The molecule has 0 N–H and O–H groups in total. The van der Waals surface area contributed by atoms with Gasteiger partial charge in [0.1, 0.15) is 0 Å². The Morgan fingerprint density at radius 3 is 0.0685 bits per heavy atom. The molecule has 0 nitrogen and oxygen atoms in total. The van der Waals surface area contributed by atoms with Crippen molar-refractivity contribution in [3.05, 3.63) is 437 Å². The van der Waals surface area contributed by atoms with Crippen molar-refractivity contribution in [2.75, 3.05) is 0 Å². The molecule has 1 radical (unpaired) electrons. The third-order valence-corrected chi connectivity index (χ3v) is 8.00. The van der Waals surface area contributed by atoms with Gasteiger partial charge in [-0.3, -0.25) is 0 Å². The van der Waals surface area contributed by atoms with Crippen molar-refractivity contribution in [3.8, 4) is 0 Å². The van der Waals surface area contributed by atoms with E-state index in [2.05, 4.69) is 0 Å². The van der Waals surface area contributed by atoms with E-state index in [4.69, 9.17) is 0 Å². The van der Waals surface area contributed by atoms with Gasteiger partial charge in [0.15, 0.2) is 0 Å². The Morgan fingerprint density at radius 1 is 0.0411 bits per heavy atom. The smallest absolute Gasteiger partial charge is 0 e. The molecule has 0 unspecified atom stereocenters. The van der Waals surface area contributed by atoms with E-state index in [0.29, 0.717) is 0 Å². The molecular formula is C72H72Na.